The maximum atomic E-state index is 12.3. The van der Waals surface area contributed by atoms with E-state index in [1.165, 1.54) is 12.1 Å². The standard InChI is InChI=1S/C8H4ClF3N2/c9-14-6-4-2-1-3-5(6)13-7(14)8(10,11)12/h1-4H. The highest BCUT2D eigenvalue weighted by Crippen LogP contribution is 2.31. The molecule has 1 aromatic carbocycles. The van der Waals surface area contributed by atoms with Crippen molar-refractivity contribution < 1.29 is 13.2 Å². The summed E-state index contributed by atoms with van der Waals surface area (Å²) in [5.74, 6) is -1.10. The molecule has 0 saturated carbocycles. The van der Waals surface area contributed by atoms with Crippen molar-refractivity contribution >= 4 is 22.8 Å². The number of rotatable bonds is 0. The van der Waals surface area contributed by atoms with Gasteiger partial charge >= 0.3 is 6.18 Å². The molecule has 14 heavy (non-hydrogen) atoms. The van der Waals surface area contributed by atoms with Crippen LogP contribution in [-0.4, -0.2) is 9.07 Å². The Bertz CT molecular complexity index is 475. The van der Waals surface area contributed by atoms with Crippen molar-refractivity contribution in [2.24, 2.45) is 0 Å². The Morgan fingerprint density at radius 1 is 1.21 bits per heavy atom. The molecule has 2 rings (SSSR count). The van der Waals surface area contributed by atoms with Crippen LogP contribution in [0.5, 0.6) is 0 Å². The Morgan fingerprint density at radius 2 is 1.86 bits per heavy atom. The van der Waals surface area contributed by atoms with Gasteiger partial charge in [0, 0.05) is 11.8 Å². The normalized spacial score (nSPS) is 12.3. The zero-order chi connectivity index (χ0) is 10.3. The molecular weight excluding hydrogens is 217 g/mol. The molecule has 0 N–H and O–H groups in total. The Hall–Kier alpha value is -1.23. The Balaban J connectivity index is 2.75. The molecule has 6 heteroatoms. The summed E-state index contributed by atoms with van der Waals surface area (Å²) in [5.41, 5.74) is 0.483. The first-order chi connectivity index (χ1) is 6.50. The number of nitrogens with zero attached hydrogens (tertiary/aromatic N) is 2. The van der Waals surface area contributed by atoms with Gasteiger partial charge in [0.15, 0.2) is 0 Å². The van der Waals surface area contributed by atoms with E-state index in [0.717, 1.165) is 0 Å². The third kappa shape index (κ3) is 1.33. The van der Waals surface area contributed by atoms with Gasteiger partial charge < -0.3 is 0 Å². The van der Waals surface area contributed by atoms with Crippen molar-refractivity contribution in [2.45, 2.75) is 6.18 Å². The molecular formula is C8H4ClF3N2. The number of imidazole rings is 1. The fourth-order valence-electron chi connectivity index (χ4n) is 1.17. The van der Waals surface area contributed by atoms with Crippen molar-refractivity contribution in [1.29, 1.82) is 0 Å². The first-order valence-corrected chi connectivity index (χ1v) is 4.05. The molecule has 0 aliphatic heterocycles. The highest BCUT2D eigenvalue weighted by atomic mass is 35.5. The zero-order valence-corrected chi connectivity index (χ0v) is 7.47. The molecule has 0 amide bonds. The van der Waals surface area contributed by atoms with Gasteiger partial charge in [0.05, 0.1) is 11.0 Å². The molecule has 2 nitrogen and oxygen atoms in total. The average Bonchev–Trinajstić information content (AvgIpc) is 2.44. The van der Waals surface area contributed by atoms with E-state index in [1.807, 2.05) is 0 Å². The molecule has 74 valence electrons. The third-order valence-electron chi connectivity index (χ3n) is 1.76. The average molecular weight is 221 g/mol. The predicted molar refractivity (Wildman–Crippen MR) is 46.0 cm³/mol. The van der Waals surface area contributed by atoms with Crippen molar-refractivity contribution in [2.75, 3.05) is 0 Å². The maximum absolute atomic E-state index is 12.3. The third-order valence-corrected chi connectivity index (χ3v) is 2.10. The molecule has 0 spiro atoms. The van der Waals surface area contributed by atoms with Crippen LogP contribution < -0.4 is 0 Å². The van der Waals surface area contributed by atoms with Gasteiger partial charge in [0.2, 0.25) is 5.82 Å². The molecule has 0 unspecified atom stereocenters. The summed E-state index contributed by atoms with van der Waals surface area (Å²) in [6, 6.07) is 6.16. The predicted octanol–water partition coefficient (Wildman–Crippen LogP) is 3.06. The van der Waals surface area contributed by atoms with Crippen molar-refractivity contribution in [3.05, 3.63) is 30.1 Å². The van der Waals surface area contributed by atoms with Crippen LogP contribution in [0, 0.1) is 0 Å². The first-order valence-electron chi connectivity index (χ1n) is 3.71. The number of aromatic nitrogens is 2. The number of benzene rings is 1. The second-order valence-electron chi connectivity index (χ2n) is 2.70. The summed E-state index contributed by atoms with van der Waals surface area (Å²) in [6.07, 6.45) is -4.53. The molecule has 1 heterocycles. The highest BCUT2D eigenvalue weighted by Gasteiger charge is 2.37. The maximum Gasteiger partial charge on any atom is 0.451 e. The van der Waals surface area contributed by atoms with Gasteiger partial charge in [-0.05, 0) is 12.1 Å². The number of alkyl halides is 3. The number of hydrogen-bond acceptors (Lipinski definition) is 1. The minimum atomic E-state index is -4.53. The van der Waals surface area contributed by atoms with Gasteiger partial charge in [-0.2, -0.15) is 13.2 Å². The van der Waals surface area contributed by atoms with E-state index >= 15 is 0 Å². The molecule has 0 aliphatic carbocycles. The number of para-hydroxylation sites is 2. The van der Waals surface area contributed by atoms with Gasteiger partial charge in [0.1, 0.15) is 0 Å². The Morgan fingerprint density at radius 3 is 2.43 bits per heavy atom. The summed E-state index contributed by atoms with van der Waals surface area (Å²) in [4.78, 5) is 3.39. The van der Waals surface area contributed by atoms with E-state index in [4.69, 9.17) is 11.8 Å². The van der Waals surface area contributed by atoms with Crippen LogP contribution in [0.2, 0.25) is 0 Å². The molecule has 1 aromatic heterocycles. The SMILES string of the molecule is FC(F)(F)c1nc2ccccc2n1Cl. The van der Waals surface area contributed by atoms with E-state index in [1.54, 1.807) is 12.1 Å². The molecule has 0 fully saturated rings. The van der Waals surface area contributed by atoms with Crippen LogP contribution in [0.1, 0.15) is 5.82 Å². The van der Waals surface area contributed by atoms with E-state index in [9.17, 15) is 13.2 Å². The quantitative estimate of drug-likeness (QED) is 0.667. The van der Waals surface area contributed by atoms with E-state index < -0.39 is 12.0 Å². The minimum Gasteiger partial charge on any atom is -0.230 e. The van der Waals surface area contributed by atoms with Gasteiger partial charge in [0.25, 0.3) is 0 Å². The Kier molecular flexibility index (Phi) is 1.92. The minimum absolute atomic E-state index is 0.231. The largest absolute Gasteiger partial charge is 0.451 e. The van der Waals surface area contributed by atoms with Crippen LogP contribution >= 0.6 is 11.8 Å². The van der Waals surface area contributed by atoms with Crippen LogP contribution in [0.4, 0.5) is 13.2 Å². The number of fused-ring (bicyclic) bond motifs is 1. The van der Waals surface area contributed by atoms with Crippen molar-refractivity contribution in [1.82, 2.24) is 9.07 Å². The lowest BCUT2D eigenvalue weighted by atomic mass is 10.3. The smallest absolute Gasteiger partial charge is 0.230 e. The van der Waals surface area contributed by atoms with E-state index in [0.29, 0.717) is 4.09 Å². The molecule has 0 radical (unpaired) electrons. The topological polar surface area (TPSA) is 17.8 Å². The highest BCUT2D eigenvalue weighted by molar-refractivity contribution is 6.19. The monoisotopic (exact) mass is 220 g/mol. The van der Waals surface area contributed by atoms with Gasteiger partial charge in [-0.25, -0.2) is 9.07 Å². The molecule has 0 saturated heterocycles. The van der Waals surface area contributed by atoms with Crippen molar-refractivity contribution in [3.63, 3.8) is 0 Å². The number of halogens is 4. The zero-order valence-electron chi connectivity index (χ0n) is 6.72. The lowest BCUT2D eigenvalue weighted by Crippen LogP contribution is -2.10. The second-order valence-corrected chi connectivity index (χ2v) is 3.04. The van der Waals surface area contributed by atoms with Crippen LogP contribution in [0.25, 0.3) is 11.0 Å². The molecule has 0 atom stereocenters. The molecule has 0 bridgehead atoms. The molecule has 0 aliphatic rings. The lowest BCUT2D eigenvalue weighted by Gasteiger charge is -2.02. The second kappa shape index (κ2) is 2.88. The summed E-state index contributed by atoms with van der Waals surface area (Å²) < 4.78 is 37.5. The lowest BCUT2D eigenvalue weighted by molar-refractivity contribution is -0.145. The summed E-state index contributed by atoms with van der Waals surface area (Å²) in [7, 11) is 0. The van der Waals surface area contributed by atoms with Gasteiger partial charge in [-0.15, -0.1) is 0 Å². The van der Waals surface area contributed by atoms with Gasteiger partial charge in [-0.1, -0.05) is 12.1 Å². The van der Waals surface area contributed by atoms with E-state index in [-0.39, 0.29) is 11.0 Å². The summed E-state index contributed by atoms with van der Waals surface area (Å²) >= 11 is 5.48. The van der Waals surface area contributed by atoms with Crippen molar-refractivity contribution in [3.8, 4) is 0 Å². The number of hydrogen-bond donors (Lipinski definition) is 0. The van der Waals surface area contributed by atoms with Gasteiger partial charge in [-0.3, -0.25) is 0 Å². The van der Waals surface area contributed by atoms with Crippen LogP contribution in [0.3, 0.4) is 0 Å². The molecule has 2 aromatic rings. The van der Waals surface area contributed by atoms with Crippen LogP contribution in [0.15, 0.2) is 24.3 Å². The fourth-order valence-corrected chi connectivity index (χ4v) is 1.45. The first kappa shape index (κ1) is 9.33. The Labute approximate surface area is 82.0 Å². The summed E-state index contributed by atoms with van der Waals surface area (Å²) in [5, 5.41) is 0. The fraction of sp³-hybridized carbons (Fsp3) is 0.125. The summed E-state index contributed by atoms with van der Waals surface area (Å²) in [6.45, 7) is 0. The van der Waals surface area contributed by atoms with E-state index in [2.05, 4.69) is 4.98 Å². The van der Waals surface area contributed by atoms with Crippen LogP contribution in [-0.2, 0) is 6.18 Å².